The third-order valence-corrected chi connectivity index (χ3v) is 1.85. The summed E-state index contributed by atoms with van der Waals surface area (Å²) < 4.78 is 9.07. The lowest BCUT2D eigenvalue weighted by molar-refractivity contribution is 0.0568. The fraction of sp³-hybridized carbons (Fsp3) is 0.444. The highest BCUT2D eigenvalue weighted by atomic mass is 16.5. The summed E-state index contributed by atoms with van der Waals surface area (Å²) in [5, 5.41) is 12.3. The molecule has 1 aromatic heterocycles. The number of methoxy groups -OCH3 is 1. The lowest BCUT2D eigenvalue weighted by atomic mass is 10.0. The van der Waals surface area contributed by atoms with E-state index in [9.17, 15) is 9.59 Å². The number of hydrogen-bond donors (Lipinski definition) is 1. The summed E-state index contributed by atoms with van der Waals surface area (Å²) in [4.78, 5) is 22.1. The van der Waals surface area contributed by atoms with Crippen LogP contribution in [-0.4, -0.2) is 29.3 Å². The standard InChI is InChI=1S/C9H11NO5/c1-4(2)6-5(9(13)14-3)7(8(11)12)15-10-6/h4H,1-3H3,(H,11,12). The summed E-state index contributed by atoms with van der Waals surface area (Å²) >= 11 is 0. The molecule has 0 atom stereocenters. The van der Waals surface area contributed by atoms with Gasteiger partial charge < -0.3 is 14.4 Å². The zero-order valence-corrected chi connectivity index (χ0v) is 8.60. The van der Waals surface area contributed by atoms with Crippen molar-refractivity contribution in [1.29, 1.82) is 0 Å². The molecular formula is C9H11NO5. The minimum absolute atomic E-state index is 0.111. The van der Waals surface area contributed by atoms with E-state index >= 15 is 0 Å². The molecule has 0 aliphatic heterocycles. The number of esters is 1. The van der Waals surface area contributed by atoms with Gasteiger partial charge in [-0.2, -0.15) is 0 Å². The molecule has 0 saturated heterocycles. The fourth-order valence-corrected chi connectivity index (χ4v) is 1.14. The number of carbonyl (C=O) groups excluding carboxylic acids is 1. The Balaban J connectivity index is 3.32. The first-order valence-electron chi connectivity index (χ1n) is 4.30. The predicted octanol–water partition coefficient (Wildman–Crippen LogP) is 1.28. The summed E-state index contributed by atoms with van der Waals surface area (Å²) in [7, 11) is 1.17. The second-order valence-electron chi connectivity index (χ2n) is 3.22. The molecule has 0 aromatic carbocycles. The van der Waals surface area contributed by atoms with Gasteiger partial charge in [0.1, 0.15) is 11.3 Å². The number of carboxylic acids is 1. The van der Waals surface area contributed by atoms with E-state index in [2.05, 4.69) is 14.4 Å². The number of nitrogens with zero attached hydrogens (tertiary/aromatic N) is 1. The van der Waals surface area contributed by atoms with E-state index in [1.807, 2.05) is 0 Å². The first-order valence-corrected chi connectivity index (χ1v) is 4.30. The van der Waals surface area contributed by atoms with Crippen LogP contribution in [0.1, 0.15) is 46.4 Å². The van der Waals surface area contributed by atoms with E-state index in [1.54, 1.807) is 13.8 Å². The average molecular weight is 213 g/mol. The maximum atomic E-state index is 11.3. The number of hydrogen-bond acceptors (Lipinski definition) is 5. The molecule has 0 spiro atoms. The van der Waals surface area contributed by atoms with Crippen molar-refractivity contribution in [2.45, 2.75) is 19.8 Å². The Kier molecular flexibility index (Phi) is 3.08. The highest BCUT2D eigenvalue weighted by Crippen LogP contribution is 2.22. The van der Waals surface area contributed by atoms with Crippen molar-refractivity contribution in [3.63, 3.8) is 0 Å². The highest BCUT2D eigenvalue weighted by molar-refractivity contribution is 6.01. The van der Waals surface area contributed by atoms with Crippen LogP contribution in [0.25, 0.3) is 0 Å². The van der Waals surface area contributed by atoms with Gasteiger partial charge in [0, 0.05) is 0 Å². The number of rotatable bonds is 3. The van der Waals surface area contributed by atoms with Gasteiger partial charge in [-0.15, -0.1) is 0 Å². The van der Waals surface area contributed by atoms with Crippen LogP contribution in [0.15, 0.2) is 4.52 Å². The largest absolute Gasteiger partial charge is 0.475 e. The minimum Gasteiger partial charge on any atom is -0.475 e. The number of carboxylic acid groups (broad SMARTS) is 1. The molecule has 1 aromatic rings. The van der Waals surface area contributed by atoms with Crippen LogP contribution < -0.4 is 0 Å². The Morgan fingerprint density at radius 1 is 1.47 bits per heavy atom. The number of carbonyl (C=O) groups is 2. The normalized spacial score (nSPS) is 10.4. The summed E-state index contributed by atoms with van der Waals surface area (Å²) in [6, 6.07) is 0. The van der Waals surface area contributed by atoms with E-state index < -0.39 is 17.7 Å². The monoisotopic (exact) mass is 213 g/mol. The zero-order chi connectivity index (χ0) is 11.6. The molecule has 0 bridgehead atoms. The van der Waals surface area contributed by atoms with Crippen LogP contribution in [-0.2, 0) is 4.74 Å². The smallest absolute Gasteiger partial charge is 0.375 e. The molecule has 6 heteroatoms. The molecule has 0 saturated carbocycles. The Morgan fingerprint density at radius 2 is 2.07 bits per heavy atom. The van der Waals surface area contributed by atoms with Gasteiger partial charge in [-0.25, -0.2) is 9.59 Å². The Labute approximate surface area is 85.8 Å². The molecule has 0 fully saturated rings. The predicted molar refractivity (Wildman–Crippen MR) is 48.9 cm³/mol. The van der Waals surface area contributed by atoms with E-state index in [0.717, 1.165) is 0 Å². The molecule has 82 valence electrons. The van der Waals surface area contributed by atoms with Crippen LogP contribution in [0.2, 0.25) is 0 Å². The molecule has 1 rings (SSSR count). The molecule has 6 nitrogen and oxygen atoms in total. The molecule has 15 heavy (non-hydrogen) atoms. The van der Waals surface area contributed by atoms with Crippen molar-refractivity contribution >= 4 is 11.9 Å². The first-order chi connectivity index (χ1) is 6.99. The van der Waals surface area contributed by atoms with Gasteiger partial charge >= 0.3 is 11.9 Å². The van der Waals surface area contributed by atoms with E-state index in [-0.39, 0.29) is 11.5 Å². The third-order valence-electron chi connectivity index (χ3n) is 1.85. The van der Waals surface area contributed by atoms with Gasteiger partial charge in [-0.05, 0) is 5.92 Å². The average Bonchev–Trinajstić information content (AvgIpc) is 2.60. The molecule has 0 radical (unpaired) electrons. The summed E-state index contributed by atoms with van der Waals surface area (Å²) in [6.07, 6.45) is 0. The molecule has 0 amide bonds. The van der Waals surface area contributed by atoms with Crippen LogP contribution in [0, 0.1) is 0 Å². The number of aromatic nitrogens is 1. The van der Waals surface area contributed by atoms with Gasteiger partial charge in [-0.1, -0.05) is 19.0 Å². The van der Waals surface area contributed by atoms with Crippen molar-refractivity contribution in [2.24, 2.45) is 0 Å². The zero-order valence-electron chi connectivity index (χ0n) is 8.60. The maximum Gasteiger partial charge on any atom is 0.375 e. The van der Waals surface area contributed by atoms with Crippen molar-refractivity contribution in [1.82, 2.24) is 5.16 Å². The van der Waals surface area contributed by atoms with Gasteiger partial charge in [0.25, 0.3) is 5.76 Å². The number of ether oxygens (including phenoxy) is 1. The third kappa shape index (κ3) is 1.98. The van der Waals surface area contributed by atoms with E-state index in [1.165, 1.54) is 7.11 Å². The van der Waals surface area contributed by atoms with Crippen LogP contribution in [0.4, 0.5) is 0 Å². The topological polar surface area (TPSA) is 89.6 Å². The van der Waals surface area contributed by atoms with E-state index in [0.29, 0.717) is 5.69 Å². The number of aromatic carboxylic acids is 1. The quantitative estimate of drug-likeness (QED) is 0.760. The maximum absolute atomic E-state index is 11.3. The highest BCUT2D eigenvalue weighted by Gasteiger charge is 2.29. The lowest BCUT2D eigenvalue weighted by Crippen LogP contribution is -2.10. The van der Waals surface area contributed by atoms with Gasteiger partial charge in [0.05, 0.1) is 7.11 Å². The Morgan fingerprint density at radius 3 is 2.47 bits per heavy atom. The molecule has 0 aliphatic carbocycles. The van der Waals surface area contributed by atoms with Crippen LogP contribution >= 0.6 is 0 Å². The van der Waals surface area contributed by atoms with Crippen LogP contribution in [0.3, 0.4) is 0 Å². The van der Waals surface area contributed by atoms with Gasteiger partial charge in [-0.3, -0.25) is 0 Å². The van der Waals surface area contributed by atoms with Gasteiger partial charge in [0.2, 0.25) is 0 Å². The van der Waals surface area contributed by atoms with Crippen molar-refractivity contribution in [3.8, 4) is 0 Å². The molecule has 1 N–H and O–H groups in total. The Hall–Kier alpha value is -1.85. The molecular weight excluding hydrogens is 202 g/mol. The lowest BCUT2D eigenvalue weighted by Gasteiger charge is -2.02. The Bertz CT molecular complexity index is 393. The summed E-state index contributed by atoms with van der Waals surface area (Å²) in [6.45, 7) is 3.55. The van der Waals surface area contributed by atoms with Gasteiger partial charge in [0.15, 0.2) is 0 Å². The SMILES string of the molecule is COC(=O)c1c(C(C)C)noc1C(=O)O. The summed E-state index contributed by atoms with van der Waals surface area (Å²) in [5.74, 6) is -2.69. The van der Waals surface area contributed by atoms with Crippen LogP contribution in [0.5, 0.6) is 0 Å². The van der Waals surface area contributed by atoms with Crippen molar-refractivity contribution in [3.05, 3.63) is 17.0 Å². The molecule has 1 heterocycles. The second kappa shape index (κ2) is 4.12. The van der Waals surface area contributed by atoms with E-state index in [4.69, 9.17) is 5.11 Å². The fourth-order valence-electron chi connectivity index (χ4n) is 1.14. The van der Waals surface area contributed by atoms with Crippen molar-refractivity contribution in [2.75, 3.05) is 7.11 Å². The minimum atomic E-state index is -1.34. The molecule has 0 aliphatic rings. The second-order valence-corrected chi connectivity index (χ2v) is 3.22. The van der Waals surface area contributed by atoms with Crippen molar-refractivity contribution < 1.29 is 24.0 Å². The molecule has 0 unspecified atom stereocenters. The summed E-state index contributed by atoms with van der Waals surface area (Å²) in [5.41, 5.74) is 0.180. The first kappa shape index (κ1) is 11.2.